The highest BCUT2D eigenvalue weighted by molar-refractivity contribution is 7.90. The molecular formula is C32H44N6O3S. The van der Waals surface area contributed by atoms with Crippen LogP contribution in [0.25, 0.3) is 16.7 Å². The maximum absolute atomic E-state index is 12.4. The minimum Gasteiger partial charge on any atom is -0.367 e. The van der Waals surface area contributed by atoms with Crippen LogP contribution in [0.2, 0.25) is 0 Å². The quantitative estimate of drug-likeness (QED) is 0.320. The molecule has 1 unspecified atom stereocenters. The number of amides is 1. The molecule has 0 radical (unpaired) electrons. The number of rotatable bonds is 10. The molecule has 5 rings (SSSR count). The van der Waals surface area contributed by atoms with Crippen molar-refractivity contribution in [2.45, 2.75) is 51.9 Å². The highest BCUT2D eigenvalue weighted by Crippen LogP contribution is 2.37. The number of nitrogens with zero attached hydrogens (tertiary/aromatic N) is 6. The van der Waals surface area contributed by atoms with E-state index in [4.69, 9.17) is 4.98 Å². The third-order valence-corrected chi connectivity index (χ3v) is 10.2. The van der Waals surface area contributed by atoms with Crippen molar-refractivity contribution < 1.29 is 13.2 Å². The zero-order chi connectivity index (χ0) is 29.7. The van der Waals surface area contributed by atoms with E-state index >= 15 is 0 Å². The minimum absolute atomic E-state index is 0.133. The van der Waals surface area contributed by atoms with Crippen LogP contribution in [-0.2, 0) is 21.1 Å². The number of carbonyl (C=O) groups is 1. The van der Waals surface area contributed by atoms with Gasteiger partial charge in [0.2, 0.25) is 5.91 Å². The molecule has 2 fully saturated rings. The van der Waals surface area contributed by atoms with Crippen molar-refractivity contribution in [3.63, 3.8) is 0 Å². The van der Waals surface area contributed by atoms with Gasteiger partial charge in [-0.2, -0.15) is 0 Å². The maximum Gasteiger partial charge on any atom is 0.228 e. The number of carbonyl (C=O) groups excluding carboxylic acids is 1. The molecule has 0 N–H and O–H groups in total. The van der Waals surface area contributed by atoms with Gasteiger partial charge < -0.3 is 19.4 Å². The molecule has 3 heterocycles. The predicted octanol–water partition coefficient (Wildman–Crippen LogP) is 4.58. The molecule has 1 aliphatic heterocycles. The Bertz CT molecular complexity index is 1500. The van der Waals surface area contributed by atoms with Crippen molar-refractivity contribution in [3.05, 3.63) is 48.5 Å². The summed E-state index contributed by atoms with van der Waals surface area (Å²) in [5.74, 6) is 3.56. The molecule has 10 heteroatoms. The molecule has 1 aromatic carbocycles. The lowest BCUT2D eigenvalue weighted by Crippen LogP contribution is -2.48. The molecule has 9 nitrogen and oxygen atoms in total. The second kappa shape index (κ2) is 13.4. The van der Waals surface area contributed by atoms with Gasteiger partial charge in [0.05, 0.1) is 17.7 Å². The number of anilines is 1. The van der Waals surface area contributed by atoms with Gasteiger partial charge in [-0.3, -0.25) is 4.79 Å². The van der Waals surface area contributed by atoms with Gasteiger partial charge in [-0.1, -0.05) is 19.4 Å². The molecule has 1 aliphatic carbocycles. The molecule has 0 bridgehead atoms. The van der Waals surface area contributed by atoms with E-state index in [-0.39, 0.29) is 5.91 Å². The molecule has 0 spiro atoms. The van der Waals surface area contributed by atoms with Gasteiger partial charge in [0.15, 0.2) is 0 Å². The van der Waals surface area contributed by atoms with Crippen molar-refractivity contribution in [2.24, 2.45) is 22.7 Å². The number of fused-ring (bicyclic) bond motifs is 1. The van der Waals surface area contributed by atoms with Crippen molar-refractivity contribution in [1.82, 2.24) is 19.4 Å². The fourth-order valence-electron chi connectivity index (χ4n) is 6.88. The highest BCUT2D eigenvalue weighted by atomic mass is 32.2. The first-order valence-electron chi connectivity index (χ1n) is 15.3. The maximum atomic E-state index is 12.4. The molecule has 3 aromatic rings. The van der Waals surface area contributed by atoms with Gasteiger partial charge >= 0.3 is 0 Å². The van der Waals surface area contributed by atoms with Gasteiger partial charge in [0.25, 0.3) is 0 Å². The van der Waals surface area contributed by atoms with Crippen molar-refractivity contribution in [2.75, 3.05) is 50.1 Å². The second-order valence-corrected chi connectivity index (χ2v) is 14.2. The molecule has 2 aliphatic rings. The second-order valence-electron chi connectivity index (χ2n) is 12.0. The van der Waals surface area contributed by atoms with Gasteiger partial charge in [-0.05, 0) is 67.7 Å². The summed E-state index contributed by atoms with van der Waals surface area (Å²) in [5.41, 5.74) is 2.28. The molecule has 1 saturated carbocycles. The lowest BCUT2D eigenvalue weighted by atomic mass is 9.74. The average molecular weight is 593 g/mol. The number of aliphatic imine (C=N–C) groups is 1. The Labute approximate surface area is 250 Å². The fourth-order valence-corrected chi connectivity index (χ4v) is 8.07. The van der Waals surface area contributed by atoms with Gasteiger partial charge in [-0.25, -0.2) is 18.4 Å². The van der Waals surface area contributed by atoms with Crippen LogP contribution in [0, 0.1) is 17.8 Å². The van der Waals surface area contributed by atoms with E-state index in [0.717, 1.165) is 68.8 Å². The first kappa shape index (κ1) is 30.2. The Kier molecular flexibility index (Phi) is 9.60. The van der Waals surface area contributed by atoms with Gasteiger partial charge in [0.1, 0.15) is 21.5 Å². The standard InChI is InChI=1S/C32H44N6O3S/c1-4-25(26-10-8-24(9-11-26)23-42(3,40)41)22-30-34-16-12-31(35-30)38-17-14-27-28(6-5-7-29(27)38)36-18-20-37(21-19-36)32(39)13-15-33-2/h5-7,12,14-17,24-26H,4,8-11,13,18-23H2,1-3H3. The number of benzene rings is 1. The Morgan fingerprint density at radius 2 is 1.86 bits per heavy atom. The first-order chi connectivity index (χ1) is 20.3. The summed E-state index contributed by atoms with van der Waals surface area (Å²) in [7, 11) is -1.22. The summed E-state index contributed by atoms with van der Waals surface area (Å²) >= 11 is 0. The number of sulfone groups is 1. The van der Waals surface area contributed by atoms with Crippen LogP contribution < -0.4 is 4.90 Å². The van der Waals surface area contributed by atoms with Crippen LogP contribution in [0.15, 0.2) is 47.7 Å². The molecule has 1 amide bonds. The van der Waals surface area contributed by atoms with Crippen LogP contribution in [0.4, 0.5) is 5.69 Å². The van der Waals surface area contributed by atoms with Crippen LogP contribution in [0.1, 0.15) is 51.3 Å². The van der Waals surface area contributed by atoms with E-state index in [1.54, 1.807) is 13.3 Å². The molecule has 42 heavy (non-hydrogen) atoms. The molecule has 2 aromatic heterocycles. The molecule has 1 atom stereocenters. The normalized spacial score (nSPS) is 20.8. The van der Waals surface area contributed by atoms with Crippen LogP contribution in [0.3, 0.4) is 0 Å². The summed E-state index contributed by atoms with van der Waals surface area (Å²) in [6.07, 6.45) is 13.4. The minimum atomic E-state index is -2.92. The largest absolute Gasteiger partial charge is 0.367 e. The smallest absolute Gasteiger partial charge is 0.228 e. The summed E-state index contributed by atoms with van der Waals surface area (Å²) in [6.45, 7) is 5.26. The first-order valence-corrected chi connectivity index (χ1v) is 17.3. The summed E-state index contributed by atoms with van der Waals surface area (Å²) in [5, 5.41) is 1.17. The molecular weight excluding hydrogens is 548 g/mol. The summed E-state index contributed by atoms with van der Waals surface area (Å²) in [6, 6.07) is 10.5. The fraction of sp³-hybridized carbons (Fsp3) is 0.562. The monoisotopic (exact) mass is 592 g/mol. The Morgan fingerprint density at radius 1 is 1.10 bits per heavy atom. The van der Waals surface area contributed by atoms with Crippen molar-refractivity contribution in [1.29, 1.82) is 0 Å². The van der Waals surface area contributed by atoms with Crippen LogP contribution in [0.5, 0.6) is 0 Å². The molecule has 226 valence electrons. The topological polar surface area (TPSA) is 101 Å². The third-order valence-electron chi connectivity index (χ3n) is 9.13. The number of hydrogen-bond acceptors (Lipinski definition) is 7. The summed E-state index contributed by atoms with van der Waals surface area (Å²) in [4.78, 5) is 30.3. The Balaban J connectivity index is 1.27. The summed E-state index contributed by atoms with van der Waals surface area (Å²) < 4.78 is 25.6. The van der Waals surface area contributed by atoms with Crippen LogP contribution in [-0.4, -0.2) is 85.2 Å². The van der Waals surface area contributed by atoms with Crippen molar-refractivity contribution >= 4 is 38.5 Å². The lowest BCUT2D eigenvalue weighted by molar-refractivity contribution is -0.130. The third kappa shape index (κ3) is 7.19. The zero-order valence-electron chi connectivity index (χ0n) is 25.2. The zero-order valence-corrected chi connectivity index (χ0v) is 26.0. The lowest BCUT2D eigenvalue weighted by Gasteiger charge is -2.36. The van der Waals surface area contributed by atoms with E-state index in [9.17, 15) is 13.2 Å². The highest BCUT2D eigenvalue weighted by Gasteiger charge is 2.29. The van der Waals surface area contributed by atoms with Gasteiger partial charge in [0, 0.05) is 75.6 Å². The van der Waals surface area contributed by atoms with Crippen molar-refractivity contribution in [3.8, 4) is 5.82 Å². The Morgan fingerprint density at radius 3 is 2.55 bits per heavy atom. The number of piperazine rings is 1. The van der Waals surface area contributed by atoms with Crippen LogP contribution >= 0.6 is 0 Å². The van der Waals surface area contributed by atoms with Gasteiger partial charge in [-0.15, -0.1) is 0 Å². The van der Waals surface area contributed by atoms with E-state index < -0.39 is 9.84 Å². The van der Waals surface area contributed by atoms with E-state index in [2.05, 4.69) is 56.8 Å². The van der Waals surface area contributed by atoms with E-state index in [0.29, 0.717) is 43.0 Å². The van der Waals surface area contributed by atoms with E-state index in [1.807, 2.05) is 17.2 Å². The van der Waals surface area contributed by atoms with E-state index in [1.165, 1.54) is 17.3 Å². The Hall–Kier alpha value is -3.27. The SMILES string of the molecule is CCC(Cc1nccc(-n2ccc3c(N4CCN(C(=O)CC=NC)CC4)cccc32)n1)C1CCC(CS(C)(=O)=O)CC1. The number of hydrogen-bond donors (Lipinski definition) is 0. The predicted molar refractivity (Wildman–Crippen MR) is 169 cm³/mol. The average Bonchev–Trinajstić information content (AvgIpc) is 3.43. The molecule has 1 saturated heterocycles. The number of aromatic nitrogens is 3.